The fraction of sp³-hybridized carbons (Fsp3) is 0.400. The minimum Gasteiger partial charge on any atom is -0.482 e. The molecule has 1 aromatic carbocycles. The van der Waals surface area contributed by atoms with Crippen molar-refractivity contribution < 1.29 is 29.0 Å². The van der Waals surface area contributed by atoms with Gasteiger partial charge in [0, 0.05) is 13.1 Å². The number of benzene rings is 1. The number of likely N-dealkylation sites (tertiary alicyclic amines) is 1. The van der Waals surface area contributed by atoms with Crippen LogP contribution in [0.4, 0.5) is 4.79 Å². The largest absolute Gasteiger partial charge is 0.482 e. The molecule has 29 heavy (non-hydrogen) atoms. The second-order valence-electron chi connectivity index (χ2n) is 6.81. The molecular formula is C20H22N2O6S. The summed E-state index contributed by atoms with van der Waals surface area (Å²) in [6.45, 7) is 0.662. The predicted molar refractivity (Wildman–Crippen MR) is 107 cm³/mol. The molecule has 0 spiro atoms. The third kappa shape index (κ3) is 5.60. The lowest BCUT2D eigenvalue weighted by Gasteiger charge is -2.22. The van der Waals surface area contributed by atoms with E-state index in [1.165, 1.54) is 0 Å². The van der Waals surface area contributed by atoms with Gasteiger partial charge in [-0.3, -0.25) is 19.3 Å². The van der Waals surface area contributed by atoms with Crippen molar-refractivity contribution in [2.45, 2.75) is 25.7 Å². The van der Waals surface area contributed by atoms with Crippen molar-refractivity contribution in [1.29, 1.82) is 0 Å². The van der Waals surface area contributed by atoms with Gasteiger partial charge in [0.2, 0.25) is 5.91 Å². The van der Waals surface area contributed by atoms with Gasteiger partial charge >= 0.3 is 5.97 Å². The van der Waals surface area contributed by atoms with Gasteiger partial charge in [0.1, 0.15) is 12.3 Å². The number of thioether (sulfide) groups is 1. The Morgan fingerprint density at radius 3 is 2.34 bits per heavy atom. The molecule has 0 aromatic heterocycles. The molecule has 0 radical (unpaired) electrons. The first-order valence-electron chi connectivity index (χ1n) is 9.42. The Kier molecular flexibility index (Phi) is 6.92. The third-order valence-electron chi connectivity index (χ3n) is 4.67. The SMILES string of the molecule is O=C(O)COc1ccc(C=C2SC(=O)N(CC(=O)N3CCCCCC3)C2=O)cc1. The molecule has 0 atom stereocenters. The van der Waals surface area contributed by atoms with E-state index in [1.54, 1.807) is 35.2 Å². The lowest BCUT2D eigenvalue weighted by molar-refractivity contribution is -0.139. The average molecular weight is 418 g/mol. The molecule has 0 unspecified atom stereocenters. The van der Waals surface area contributed by atoms with E-state index in [0.29, 0.717) is 24.4 Å². The maximum absolute atomic E-state index is 12.6. The molecular weight excluding hydrogens is 396 g/mol. The van der Waals surface area contributed by atoms with E-state index in [-0.39, 0.29) is 17.4 Å². The van der Waals surface area contributed by atoms with Gasteiger partial charge in [-0.2, -0.15) is 0 Å². The van der Waals surface area contributed by atoms with E-state index < -0.39 is 23.7 Å². The van der Waals surface area contributed by atoms with Crippen LogP contribution < -0.4 is 4.74 Å². The minimum absolute atomic E-state index is 0.199. The van der Waals surface area contributed by atoms with Crippen molar-refractivity contribution in [3.05, 3.63) is 34.7 Å². The van der Waals surface area contributed by atoms with Crippen LogP contribution in [0.2, 0.25) is 0 Å². The van der Waals surface area contributed by atoms with Gasteiger partial charge in [0.15, 0.2) is 6.61 Å². The summed E-state index contributed by atoms with van der Waals surface area (Å²) in [5.74, 6) is -1.36. The number of carboxylic acid groups (broad SMARTS) is 1. The van der Waals surface area contributed by atoms with Gasteiger partial charge < -0.3 is 14.7 Å². The molecule has 154 valence electrons. The van der Waals surface area contributed by atoms with Gasteiger partial charge in [0.05, 0.1) is 4.91 Å². The Morgan fingerprint density at radius 2 is 1.72 bits per heavy atom. The van der Waals surface area contributed by atoms with Crippen LogP contribution in [-0.4, -0.2) is 64.2 Å². The first kappa shape index (κ1) is 20.9. The van der Waals surface area contributed by atoms with E-state index in [0.717, 1.165) is 42.3 Å². The van der Waals surface area contributed by atoms with Crippen LogP contribution in [0.3, 0.4) is 0 Å². The van der Waals surface area contributed by atoms with Crippen LogP contribution in [0.25, 0.3) is 6.08 Å². The van der Waals surface area contributed by atoms with E-state index in [1.807, 2.05) is 0 Å². The summed E-state index contributed by atoms with van der Waals surface area (Å²) in [4.78, 5) is 50.9. The van der Waals surface area contributed by atoms with Crippen molar-refractivity contribution in [3.8, 4) is 5.75 Å². The summed E-state index contributed by atoms with van der Waals surface area (Å²) < 4.78 is 5.06. The minimum atomic E-state index is -1.07. The molecule has 3 rings (SSSR count). The average Bonchev–Trinajstić information content (AvgIpc) is 2.90. The summed E-state index contributed by atoms with van der Waals surface area (Å²) in [5.41, 5.74) is 0.664. The lowest BCUT2D eigenvalue weighted by atomic mass is 10.2. The summed E-state index contributed by atoms with van der Waals surface area (Å²) in [7, 11) is 0. The van der Waals surface area contributed by atoms with Crippen LogP contribution in [-0.2, 0) is 14.4 Å². The summed E-state index contributed by atoms with van der Waals surface area (Å²) in [5, 5.41) is 8.17. The van der Waals surface area contributed by atoms with Crippen LogP contribution in [0.1, 0.15) is 31.2 Å². The number of ether oxygens (including phenoxy) is 1. The Bertz CT molecular complexity index is 828. The van der Waals surface area contributed by atoms with E-state index in [9.17, 15) is 19.2 Å². The van der Waals surface area contributed by atoms with Gasteiger partial charge in [-0.05, 0) is 48.4 Å². The highest BCUT2D eigenvalue weighted by molar-refractivity contribution is 8.18. The maximum Gasteiger partial charge on any atom is 0.341 e. The monoisotopic (exact) mass is 418 g/mol. The second-order valence-corrected chi connectivity index (χ2v) is 7.81. The first-order chi connectivity index (χ1) is 13.9. The van der Waals surface area contributed by atoms with Gasteiger partial charge in [-0.1, -0.05) is 25.0 Å². The number of amides is 3. The van der Waals surface area contributed by atoms with Crippen molar-refractivity contribution in [2.75, 3.05) is 26.2 Å². The molecule has 9 heteroatoms. The number of carbonyl (C=O) groups excluding carboxylic acids is 3. The fourth-order valence-corrected chi connectivity index (χ4v) is 3.99. The zero-order chi connectivity index (χ0) is 20.8. The Balaban J connectivity index is 1.63. The van der Waals surface area contributed by atoms with Crippen molar-refractivity contribution in [3.63, 3.8) is 0 Å². The number of carbonyl (C=O) groups is 4. The molecule has 2 fully saturated rings. The topological polar surface area (TPSA) is 104 Å². The number of rotatable bonds is 6. The molecule has 1 N–H and O–H groups in total. The molecule has 2 aliphatic heterocycles. The quantitative estimate of drug-likeness (QED) is 0.708. The van der Waals surface area contributed by atoms with Gasteiger partial charge in [-0.25, -0.2) is 4.79 Å². The molecule has 8 nitrogen and oxygen atoms in total. The molecule has 0 bridgehead atoms. The molecule has 0 aliphatic carbocycles. The molecule has 0 saturated carbocycles. The highest BCUT2D eigenvalue weighted by Crippen LogP contribution is 2.32. The number of aliphatic carboxylic acids is 1. The number of imide groups is 1. The summed E-state index contributed by atoms with van der Waals surface area (Å²) in [6, 6.07) is 6.49. The fourth-order valence-electron chi connectivity index (χ4n) is 3.15. The number of hydrogen-bond donors (Lipinski definition) is 1. The van der Waals surface area contributed by atoms with Crippen LogP contribution in [0.15, 0.2) is 29.2 Å². The second kappa shape index (κ2) is 9.60. The smallest absolute Gasteiger partial charge is 0.341 e. The van der Waals surface area contributed by atoms with Gasteiger partial charge in [-0.15, -0.1) is 0 Å². The van der Waals surface area contributed by atoms with Crippen molar-refractivity contribution >= 4 is 40.9 Å². The number of nitrogens with zero attached hydrogens (tertiary/aromatic N) is 2. The Labute approximate surface area is 172 Å². The van der Waals surface area contributed by atoms with E-state index in [4.69, 9.17) is 9.84 Å². The van der Waals surface area contributed by atoms with E-state index >= 15 is 0 Å². The van der Waals surface area contributed by atoms with Crippen LogP contribution >= 0.6 is 11.8 Å². The zero-order valence-corrected chi connectivity index (χ0v) is 16.7. The number of carboxylic acids is 1. The van der Waals surface area contributed by atoms with E-state index in [2.05, 4.69) is 0 Å². The Morgan fingerprint density at radius 1 is 1.07 bits per heavy atom. The molecule has 3 amide bonds. The van der Waals surface area contributed by atoms with Crippen LogP contribution in [0.5, 0.6) is 5.75 Å². The standard InChI is InChI=1S/C20H22N2O6S/c23-17(21-9-3-1-2-4-10-21)12-22-19(26)16(29-20(22)27)11-14-5-7-15(8-6-14)28-13-18(24)25/h5-8,11H,1-4,9-10,12-13H2,(H,24,25). The van der Waals surface area contributed by atoms with Crippen LogP contribution in [0, 0.1) is 0 Å². The molecule has 2 aliphatic rings. The van der Waals surface area contributed by atoms with Crippen molar-refractivity contribution in [1.82, 2.24) is 9.80 Å². The number of hydrogen-bond acceptors (Lipinski definition) is 6. The summed E-state index contributed by atoms with van der Waals surface area (Å²) in [6.07, 6.45) is 5.64. The highest BCUT2D eigenvalue weighted by atomic mass is 32.2. The van der Waals surface area contributed by atoms with Crippen molar-refractivity contribution in [2.24, 2.45) is 0 Å². The first-order valence-corrected chi connectivity index (χ1v) is 10.2. The summed E-state index contributed by atoms with van der Waals surface area (Å²) >= 11 is 0.807. The molecule has 2 heterocycles. The van der Waals surface area contributed by atoms with Gasteiger partial charge in [0.25, 0.3) is 11.1 Å². The lowest BCUT2D eigenvalue weighted by Crippen LogP contribution is -2.42. The maximum atomic E-state index is 12.6. The normalized spacial score (nSPS) is 18.8. The zero-order valence-electron chi connectivity index (χ0n) is 15.8. The third-order valence-corrected chi connectivity index (χ3v) is 5.57. The Hall–Kier alpha value is -2.81. The molecule has 1 aromatic rings. The highest BCUT2D eigenvalue weighted by Gasteiger charge is 2.37. The predicted octanol–water partition coefficient (Wildman–Crippen LogP) is 2.59. The molecule has 2 saturated heterocycles.